The Morgan fingerprint density at radius 2 is 1.89 bits per heavy atom. The number of hydrogen-bond acceptors (Lipinski definition) is 5. The third-order valence-corrected chi connectivity index (χ3v) is 5.52. The molecule has 0 aliphatic carbocycles. The first-order valence-corrected chi connectivity index (χ1v) is 10.4. The molecular weight excluding hydrogens is 362 g/mol. The minimum absolute atomic E-state index is 0.133. The van der Waals surface area contributed by atoms with Crippen molar-refractivity contribution in [3.05, 3.63) is 42.2 Å². The number of amides is 1. The SMILES string of the molecule is CSc1ncc(C(=O)O[C@H](C)C(=O)N2CCC(C)CC2)n1-c1ccccc1. The van der Waals surface area contributed by atoms with Crippen molar-refractivity contribution < 1.29 is 14.3 Å². The van der Waals surface area contributed by atoms with Crippen LogP contribution in [-0.4, -0.2) is 51.8 Å². The summed E-state index contributed by atoms with van der Waals surface area (Å²) in [5.41, 5.74) is 1.15. The van der Waals surface area contributed by atoms with Crippen molar-refractivity contribution in [3.63, 3.8) is 0 Å². The fourth-order valence-electron chi connectivity index (χ4n) is 3.21. The Labute approximate surface area is 163 Å². The Balaban J connectivity index is 1.75. The summed E-state index contributed by atoms with van der Waals surface area (Å²) in [6.45, 7) is 5.28. The van der Waals surface area contributed by atoms with Gasteiger partial charge in [-0.3, -0.25) is 9.36 Å². The van der Waals surface area contributed by atoms with Gasteiger partial charge in [0.15, 0.2) is 17.0 Å². The number of rotatable bonds is 5. The maximum Gasteiger partial charge on any atom is 0.357 e. The summed E-state index contributed by atoms with van der Waals surface area (Å²) in [5.74, 6) is -0.0407. The molecular formula is C20H25N3O3S. The molecule has 2 aromatic rings. The Morgan fingerprint density at radius 1 is 1.22 bits per heavy atom. The van der Waals surface area contributed by atoms with Crippen LogP contribution in [0.4, 0.5) is 0 Å². The highest BCUT2D eigenvalue weighted by atomic mass is 32.2. The average Bonchev–Trinajstić information content (AvgIpc) is 3.13. The van der Waals surface area contributed by atoms with E-state index in [4.69, 9.17) is 4.74 Å². The van der Waals surface area contributed by atoms with Crippen LogP contribution in [0.3, 0.4) is 0 Å². The van der Waals surface area contributed by atoms with E-state index in [2.05, 4.69) is 11.9 Å². The zero-order valence-corrected chi connectivity index (χ0v) is 16.7. The predicted octanol–water partition coefficient (Wildman–Crippen LogP) is 3.40. The van der Waals surface area contributed by atoms with Crippen molar-refractivity contribution in [1.29, 1.82) is 0 Å². The molecule has 1 atom stereocenters. The monoisotopic (exact) mass is 387 g/mol. The zero-order valence-electron chi connectivity index (χ0n) is 15.9. The van der Waals surface area contributed by atoms with Gasteiger partial charge in [-0.25, -0.2) is 9.78 Å². The van der Waals surface area contributed by atoms with Crippen molar-refractivity contribution in [2.24, 2.45) is 5.92 Å². The van der Waals surface area contributed by atoms with E-state index in [1.807, 2.05) is 36.6 Å². The van der Waals surface area contributed by atoms with E-state index < -0.39 is 12.1 Å². The molecule has 1 aromatic heterocycles. The van der Waals surface area contributed by atoms with E-state index in [9.17, 15) is 9.59 Å². The van der Waals surface area contributed by atoms with Crippen molar-refractivity contribution in [1.82, 2.24) is 14.5 Å². The summed E-state index contributed by atoms with van der Waals surface area (Å²) in [5, 5.41) is 0.692. The number of ether oxygens (including phenoxy) is 1. The molecule has 7 heteroatoms. The third kappa shape index (κ3) is 4.35. The number of likely N-dealkylation sites (tertiary alicyclic amines) is 1. The van der Waals surface area contributed by atoms with E-state index in [0.717, 1.165) is 31.6 Å². The number of imidazole rings is 1. The van der Waals surface area contributed by atoms with Crippen LogP contribution in [0.1, 0.15) is 37.2 Å². The standard InChI is InChI=1S/C20H25N3O3S/c1-14-9-11-22(12-10-14)18(24)15(2)26-19(25)17-13-21-20(27-3)23(17)16-7-5-4-6-8-16/h4-8,13-15H,9-12H2,1-3H3/t15-/m1/s1. The lowest BCUT2D eigenvalue weighted by atomic mass is 9.99. The van der Waals surface area contributed by atoms with Gasteiger partial charge >= 0.3 is 5.97 Å². The molecule has 144 valence electrons. The van der Waals surface area contributed by atoms with Crippen molar-refractivity contribution in [2.75, 3.05) is 19.3 Å². The summed E-state index contributed by atoms with van der Waals surface area (Å²) in [6.07, 6.45) is 4.57. The first-order valence-electron chi connectivity index (χ1n) is 9.18. The largest absolute Gasteiger partial charge is 0.448 e. The lowest BCUT2D eigenvalue weighted by Crippen LogP contribution is -2.44. The van der Waals surface area contributed by atoms with Crippen LogP contribution in [0.25, 0.3) is 5.69 Å². The second-order valence-corrected chi connectivity index (χ2v) is 7.63. The van der Waals surface area contributed by atoms with Crippen LogP contribution in [-0.2, 0) is 9.53 Å². The quantitative estimate of drug-likeness (QED) is 0.581. The van der Waals surface area contributed by atoms with Gasteiger partial charge in [0.25, 0.3) is 5.91 Å². The first kappa shape index (κ1) is 19.5. The van der Waals surface area contributed by atoms with Crippen molar-refractivity contribution in [2.45, 2.75) is 37.9 Å². The van der Waals surface area contributed by atoms with Crippen LogP contribution in [0.15, 0.2) is 41.7 Å². The second-order valence-electron chi connectivity index (χ2n) is 6.86. The number of thioether (sulfide) groups is 1. The molecule has 0 radical (unpaired) electrons. The molecule has 1 aliphatic heterocycles. The number of carbonyl (C=O) groups is 2. The summed E-state index contributed by atoms with van der Waals surface area (Å²) < 4.78 is 7.25. The number of hydrogen-bond donors (Lipinski definition) is 0. The average molecular weight is 388 g/mol. The molecule has 0 N–H and O–H groups in total. The van der Waals surface area contributed by atoms with E-state index >= 15 is 0 Å². The third-order valence-electron chi connectivity index (χ3n) is 4.86. The number of nitrogens with zero attached hydrogens (tertiary/aromatic N) is 3. The van der Waals surface area contributed by atoms with Crippen LogP contribution in [0.2, 0.25) is 0 Å². The predicted molar refractivity (Wildman–Crippen MR) is 105 cm³/mol. The highest BCUT2D eigenvalue weighted by Crippen LogP contribution is 2.23. The first-order chi connectivity index (χ1) is 13.0. The number of piperidine rings is 1. The van der Waals surface area contributed by atoms with E-state index in [1.165, 1.54) is 18.0 Å². The minimum Gasteiger partial charge on any atom is -0.448 e. The van der Waals surface area contributed by atoms with Crippen molar-refractivity contribution >= 4 is 23.6 Å². The van der Waals surface area contributed by atoms with Gasteiger partial charge in [0.05, 0.1) is 6.20 Å². The normalized spacial score (nSPS) is 16.2. The van der Waals surface area contributed by atoms with Gasteiger partial charge in [-0.1, -0.05) is 36.9 Å². The molecule has 1 aromatic carbocycles. The van der Waals surface area contributed by atoms with Gasteiger partial charge in [-0.2, -0.15) is 0 Å². The second kappa shape index (κ2) is 8.61. The lowest BCUT2D eigenvalue weighted by Gasteiger charge is -2.31. The maximum absolute atomic E-state index is 12.8. The van der Waals surface area contributed by atoms with Gasteiger partial charge in [-0.05, 0) is 44.1 Å². The molecule has 0 unspecified atom stereocenters. The van der Waals surface area contributed by atoms with Gasteiger partial charge in [-0.15, -0.1) is 0 Å². The summed E-state index contributed by atoms with van der Waals surface area (Å²) in [6, 6.07) is 9.52. The van der Waals surface area contributed by atoms with Crippen LogP contribution < -0.4 is 0 Å². The molecule has 27 heavy (non-hydrogen) atoms. The summed E-state index contributed by atoms with van der Waals surface area (Å²) in [7, 11) is 0. The number of para-hydroxylation sites is 1. The lowest BCUT2D eigenvalue weighted by molar-refractivity contribution is -0.141. The van der Waals surface area contributed by atoms with Crippen LogP contribution in [0.5, 0.6) is 0 Å². The molecule has 1 amide bonds. The Morgan fingerprint density at radius 3 is 2.52 bits per heavy atom. The zero-order chi connectivity index (χ0) is 19.4. The number of benzene rings is 1. The Bertz CT molecular complexity index is 798. The molecule has 0 spiro atoms. The van der Waals surface area contributed by atoms with Crippen LogP contribution in [0, 0.1) is 5.92 Å². The summed E-state index contributed by atoms with van der Waals surface area (Å²) in [4.78, 5) is 31.5. The fraction of sp³-hybridized carbons (Fsp3) is 0.450. The van der Waals surface area contributed by atoms with Gasteiger partial charge < -0.3 is 9.64 Å². The smallest absolute Gasteiger partial charge is 0.357 e. The molecule has 3 rings (SSSR count). The Kier molecular flexibility index (Phi) is 6.21. The number of aromatic nitrogens is 2. The molecule has 1 fully saturated rings. The highest BCUT2D eigenvalue weighted by molar-refractivity contribution is 7.98. The molecule has 1 aliphatic rings. The molecule has 6 nitrogen and oxygen atoms in total. The maximum atomic E-state index is 12.8. The highest BCUT2D eigenvalue weighted by Gasteiger charge is 2.28. The van der Waals surface area contributed by atoms with Crippen molar-refractivity contribution in [3.8, 4) is 5.69 Å². The number of esters is 1. The number of carbonyl (C=O) groups excluding carboxylic acids is 2. The van der Waals surface area contributed by atoms with Gasteiger partial charge in [0.1, 0.15) is 0 Å². The Hall–Kier alpha value is -2.28. The van der Waals surface area contributed by atoms with E-state index in [-0.39, 0.29) is 5.91 Å². The topological polar surface area (TPSA) is 64.4 Å². The molecule has 1 saturated heterocycles. The summed E-state index contributed by atoms with van der Waals surface area (Å²) >= 11 is 1.45. The molecule has 0 bridgehead atoms. The molecule has 0 saturated carbocycles. The fourth-order valence-corrected chi connectivity index (χ4v) is 3.75. The van der Waals surface area contributed by atoms with Crippen LogP contribution >= 0.6 is 11.8 Å². The minimum atomic E-state index is -0.817. The van der Waals surface area contributed by atoms with Gasteiger partial charge in [0, 0.05) is 18.8 Å². The van der Waals surface area contributed by atoms with Gasteiger partial charge in [0.2, 0.25) is 0 Å². The molecule has 2 heterocycles. The van der Waals surface area contributed by atoms with E-state index in [1.54, 1.807) is 16.4 Å². The van der Waals surface area contributed by atoms with E-state index in [0.29, 0.717) is 16.8 Å².